The fourth-order valence-corrected chi connectivity index (χ4v) is 0.729. The molecule has 0 aromatic heterocycles. The molecule has 13 heavy (non-hydrogen) atoms. The quantitative estimate of drug-likeness (QED) is 0.352. The second-order valence-electron chi connectivity index (χ2n) is 2.97. The standard InChI is InChI=1S/C10H17NO2/c1-5-6-11(4)7-8-13-10(12)9(2)3/h5H,1-2,6-8H2,3-4H3. The van der Waals surface area contributed by atoms with Crippen LogP contribution in [0.2, 0.25) is 0 Å². The summed E-state index contributed by atoms with van der Waals surface area (Å²) in [6.07, 6.45) is 1.81. The Kier molecular flexibility index (Phi) is 5.89. The van der Waals surface area contributed by atoms with Crippen LogP contribution in [0.25, 0.3) is 0 Å². The molecule has 0 fully saturated rings. The second kappa shape index (κ2) is 6.43. The van der Waals surface area contributed by atoms with Crippen molar-refractivity contribution >= 4 is 5.97 Å². The summed E-state index contributed by atoms with van der Waals surface area (Å²) >= 11 is 0. The molecule has 0 unspecified atom stereocenters. The molecule has 0 saturated carbocycles. The average molecular weight is 183 g/mol. The van der Waals surface area contributed by atoms with Crippen LogP contribution in [0.1, 0.15) is 6.92 Å². The van der Waals surface area contributed by atoms with Crippen molar-refractivity contribution in [1.29, 1.82) is 0 Å². The van der Waals surface area contributed by atoms with Gasteiger partial charge in [-0.15, -0.1) is 6.58 Å². The number of likely N-dealkylation sites (N-methyl/N-ethyl adjacent to an activating group) is 1. The highest BCUT2D eigenvalue weighted by Gasteiger charge is 2.02. The number of hydrogen-bond donors (Lipinski definition) is 0. The highest BCUT2D eigenvalue weighted by Crippen LogP contribution is 1.92. The Morgan fingerprint density at radius 2 is 2.23 bits per heavy atom. The summed E-state index contributed by atoms with van der Waals surface area (Å²) in [4.78, 5) is 12.9. The molecule has 0 amide bonds. The van der Waals surface area contributed by atoms with Gasteiger partial charge in [0.15, 0.2) is 0 Å². The number of carbonyl (C=O) groups excluding carboxylic acids is 1. The Balaban J connectivity index is 3.50. The molecule has 0 atom stereocenters. The molecule has 0 aliphatic rings. The van der Waals surface area contributed by atoms with Gasteiger partial charge in [0, 0.05) is 18.7 Å². The number of ether oxygens (including phenoxy) is 1. The third kappa shape index (κ3) is 6.11. The Labute approximate surface area is 79.7 Å². The van der Waals surface area contributed by atoms with Gasteiger partial charge in [0.25, 0.3) is 0 Å². The van der Waals surface area contributed by atoms with Crippen LogP contribution in [0.4, 0.5) is 0 Å². The zero-order valence-corrected chi connectivity index (χ0v) is 8.38. The molecule has 0 bridgehead atoms. The highest BCUT2D eigenvalue weighted by molar-refractivity contribution is 5.86. The van der Waals surface area contributed by atoms with Gasteiger partial charge in [0.1, 0.15) is 6.61 Å². The minimum atomic E-state index is -0.327. The van der Waals surface area contributed by atoms with Crippen LogP contribution < -0.4 is 0 Å². The van der Waals surface area contributed by atoms with Gasteiger partial charge in [-0.1, -0.05) is 12.7 Å². The monoisotopic (exact) mass is 183 g/mol. The van der Waals surface area contributed by atoms with E-state index in [4.69, 9.17) is 4.74 Å². The summed E-state index contributed by atoms with van der Waals surface area (Å²) in [5.74, 6) is -0.327. The number of nitrogens with zero attached hydrogens (tertiary/aromatic N) is 1. The van der Waals surface area contributed by atoms with E-state index in [1.165, 1.54) is 0 Å². The van der Waals surface area contributed by atoms with E-state index in [0.717, 1.165) is 6.54 Å². The molecule has 0 rings (SSSR count). The van der Waals surface area contributed by atoms with Crippen LogP contribution in [0.15, 0.2) is 24.8 Å². The van der Waals surface area contributed by atoms with Gasteiger partial charge in [0.2, 0.25) is 0 Å². The number of esters is 1. The van der Waals surface area contributed by atoms with Gasteiger partial charge >= 0.3 is 5.97 Å². The van der Waals surface area contributed by atoms with Crippen molar-refractivity contribution in [2.45, 2.75) is 6.92 Å². The fraction of sp³-hybridized carbons (Fsp3) is 0.500. The molecule has 0 radical (unpaired) electrons. The largest absolute Gasteiger partial charge is 0.461 e. The van der Waals surface area contributed by atoms with Crippen molar-refractivity contribution in [3.63, 3.8) is 0 Å². The van der Waals surface area contributed by atoms with E-state index in [1.54, 1.807) is 13.0 Å². The van der Waals surface area contributed by atoms with E-state index in [2.05, 4.69) is 13.2 Å². The van der Waals surface area contributed by atoms with E-state index >= 15 is 0 Å². The molecule has 0 aromatic rings. The minimum Gasteiger partial charge on any atom is -0.461 e. The number of carbonyl (C=O) groups is 1. The van der Waals surface area contributed by atoms with Crippen molar-refractivity contribution in [1.82, 2.24) is 4.90 Å². The van der Waals surface area contributed by atoms with Crippen LogP contribution in [0, 0.1) is 0 Å². The van der Waals surface area contributed by atoms with Crippen molar-refractivity contribution in [2.75, 3.05) is 26.7 Å². The van der Waals surface area contributed by atoms with Crippen LogP contribution in [0.3, 0.4) is 0 Å². The Morgan fingerprint density at radius 3 is 2.69 bits per heavy atom. The first-order valence-electron chi connectivity index (χ1n) is 4.20. The third-order valence-electron chi connectivity index (χ3n) is 1.50. The SMILES string of the molecule is C=CCN(C)CCOC(=O)C(=C)C. The van der Waals surface area contributed by atoms with Crippen molar-refractivity contribution in [3.8, 4) is 0 Å². The van der Waals surface area contributed by atoms with E-state index in [-0.39, 0.29) is 5.97 Å². The Bertz CT molecular complexity index is 199. The van der Waals surface area contributed by atoms with Crippen LogP contribution in [-0.2, 0) is 9.53 Å². The lowest BCUT2D eigenvalue weighted by molar-refractivity contribution is -0.139. The summed E-state index contributed by atoms with van der Waals surface area (Å²) in [5.41, 5.74) is 0.436. The predicted molar refractivity (Wildman–Crippen MR) is 53.5 cm³/mol. The lowest BCUT2D eigenvalue weighted by atomic mass is 10.4. The highest BCUT2D eigenvalue weighted by atomic mass is 16.5. The van der Waals surface area contributed by atoms with E-state index < -0.39 is 0 Å². The molecule has 0 aromatic carbocycles. The molecule has 0 saturated heterocycles. The first-order valence-corrected chi connectivity index (χ1v) is 4.20. The van der Waals surface area contributed by atoms with Gasteiger partial charge in [-0.3, -0.25) is 4.90 Å². The zero-order valence-electron chi connectivity index (χ0n) is 8.38. The topological polar surface area (TPSA) is 29.5 Å². The van der Waals surface area contributed by atoms with E-state index in [1.807, 2.05) is 11.9 Å². The summed E-state index contributed by atoms with van der Waals surface area (Å²) < 4.78 is 4.91. The fourth-order valence-electron chi connectivity index (χ4n) is 0.729. The predicted octanol–water partition coefficient (Wildman–Crippen LogP) is 1.22. The molecular formula is C10H17NO2. The van der Waals surface area contributed by atoms with E-state index in [0.29, 0.717) is 18.7 Å². The molecule has 0 spiro atoms. The first kappa shape index (κ1) is 11.9. The molecule has 74 valence electrons. The van der Waals surface area contributed by atoms with Crippen molar-refractivity contribution in [3.05, 3.63) is 24.8 Å². The lowest BCUT2D eigenvalue weighted by Crippen LogP contribution is -2.24. The molecule has 3 nitrogen and oxygen atoms in total. The van der Waals surface area contributed by atoms with Gasteiger partial charge in [-0.25, -0.2) is 4.79 Å². The summed E-state index contributed by atoms with van der Waals surface area (Å²) in [5, 5.41) is 0. The molecule has 0 aliphatic heterocycles. The normalized spacial score (nSPS) is 9.77. The maximum Gasteiger partial charge on any atom is 0.333 e. The lowest BCUT2D eigenvalue weighted by Gasteiger charge is -2.13. The van der Waals surface area contributed by atoms with Crippen LogP contribution in [0.5, 0.6) is 0 Å². The maximum absolute atomic E-state index is 10.9. The van der Waals surface area contributed by atoms with E-state index in [9.17, 15) is 4.79 Å². The first-order chi connectivity index (χ1) is 6.07. The summed E-state index contributed by atoms with van der Waals surface area (Å²) in [7, 11) is 1.94. The Morgan fingerprint density at radius 1 is 1.62 bits per heavy atom. The average Bonchev–Trinajstić information content (AvgIpc) is 2.04. The molecule has 3 heteroatoms. The molecule has 0 heterocycles. The number of hydrogen-bond acceptors (Lipinski definition) is 3. The van der Waals surface area contributed by atoms with Crippen LogP contribution >= 0.6 is 0 Å². The van der Waals surface area contributed by atoms with Crippen LogP contribution in [-0.4, -0.2) is 37.6 Å². The minimum absolute atomic E-state index is 0.327. The van der Waals surface area contributed by atoms with Gasteiger partial charge < -0.3 is 4.74 Å². The second-order valence-corrected chi connectivity index (χ2v) is 2.97. The van der Waals surface area contributed by atoms with Gasteiger partial charge in [-0.05, 0) is 14.0 Å². The summed E-state index contributed by atoms with van der Waals surface area (Å²) in [6, 6.07) is 0. The van der Waals surface area contributed by atoms with Gasteiger partial charge in [-0.2, -0.15) is 0 Å². The zero-order chi connectivity index (χ0) is 10.3. The van der Waals surface area contributed by atoms with Crippen molar-refractivity contribution in [2.24, 2.45) is 0 Å². The van der Waals surface area contributed by atoms with Gasteiger partial charge in [0.05, 0.1) is 0 Å². The third-order valence-corrected chi connectivity index (χ3v) is 1.50. The molecular weight excluding hydrogens is 166 g/mol. The Hall–Kier alpha value is -1.09. The molecule has 0 aliphatic carbocycles. The maximum atomic E-state index is 10.9. The molecule has 0 N–H and O–H groups in total. The van der Waals surface area contributed by atoms with Crippen molar-refractivity contribution < 1.29 is 9.53 Å². The smallest absolute Gasteiger partial charge is 0.333 e. The number of rotatable bonds is 6. The summed E-state index contributed by atoms with van der Waals surface area (Å²) in [6.45, 7) is 10.6.